The van der Waals surface area contributed by atoms with Crippen molar-refractivity contribution in [2.75, 3.05) is 20.3 Å². The number of aromatic nitrogens is 1. The van der Waals surface area contributed by atoms with E-state index in [1.165, 1.54) is 18.3 Å². The minimum absolute atomic E-state index is 0.256. The first kappa shape index (κ1) is 20.2. The summed E-state index contributed by atoms with van der Waals surface area (Å²) in [5.74, 6) is -0.304. The van der Waals surface area contributed by atoms with Crippen LogP contribution in [0.15, 0.2) is 36.5 Å². The molecule has 6 nitrogen and oxygen atoms in total. The Kier molecular flexibility index (Phi) is 6.95. The summed E-state index contributed by atoms with van der Waals surface area (Å²) in [6.45, 7) is 0.698. The highest BCUT2D eigenvalue weighted by atomic mass is 19.1. The lowest BCUT2D eigenvalue weighted by Crippen LogP contribution is -2.45. The number of aliphatic hydroxyl groups is 1. The van der Waals surface area contributed by atoms with Crippen LogP contribution in [0.4, 0.5) is 4.39 Å². The van der Waals surface area contributed by atoms with Crippen LogP contribution in [0.2, 0.25) is 0 Å². The van der Waals surface area contributed by atoms with Gasteiger partial charge in [-0.15, -0.1) is 0 Å². The topological polar surface area (TPSA) is 80.7 Å². The van der Waals surface area contributed by atoms with Crippen molar-refractivity contribution in [1.82, 2.24) is 10.3 Å². The molecule has 0 unspecified atom stereocenters. The van der Waals surface area contributed by atoms with Gasteiger partial charge in [0.05, 0.1) is 24.3 Å². The lowest BCUT2D eigenvalue weighted by atomic mass is 9.92. The number of methoxy groups -OCH3 is 1. The molecule has 2 N–H and O–H groups in total. The lowest BCUT2D eigenvalue weighted by Gasteiger charge is -2.28. The Hall–Kier alpha value is -2.51. The number of hydrogen-bond acceptors (Lipinski definition) is 5. The summed E-state index contributed by atoms with van der Waals surface area (Å²) >= 11 is 0. The Morgan fingerprint density at radius 3 is 2.71 bits per heavy atom. The number of amides is 1. The van der Waals surface area contributed by atoms with Gasteiger partial charge in [0, 0.05) is 18.9 Å². The van der Waals surface area contributed by atoms with Gasteiger partial charge < -0.3 is 19.9 Å². The molecule has 0 spiro atoms. The Labute approximate surface area is 163 Å². The molecule has 0 aliphatic heterocycles. The molecule has 0 saturated heterocycles. The Balaban J connectivity index is 1.84. The van der Waals surface area contributed by atoms with Crippen LogP contribution >= 0.6 is 0 Å². The van der Waals surface area contributed by atoms with Gasteiger partial charge in [-0.3, -0.25) is 4.79 Å². The van der Waals surface area contributed by atoms with Gasteiger partial charge >= 0.3 is 0 Å². The second-order valence-corrected chi connectivity index (χ2v) is 6.86. The van der Waals surface area contributed by atoms with Crippen molar-refractivity contribution >= 4 is 5.91 Å². The standard InChI is InChI=1S/C21H25FN2O4/c1-27-10-11-28-21-17(14-6-8-16(22)9-7-14)12-15(13-23-21)20(26)24-18-4-2-3-5-19(18)25/h6-9,12-13,18-19,25H,2-5,10-11H2,1H3,(H,24,26)/t18-,19-/m1/s1. The van der Waals surface area contributed by atoms with Crippen molar-refractivity contribution in [2.24, 2.45) is 0 Å². The molecule has 1 amide bonds. The zero-order chi connectivity index (χ0) is 19.9. The van der Waals surface area contributed by atoms with Gasteiger partial charge in [0.1, 0.15) is 12.4 Å². The van der Waals surface area contributed by atoms with E-state index in [9.17, 15) is 14.3 Å². The van der Waals surface area contributed by atoms with Crippen molar-refractivity contribution in [2.45, 2.75) is 37.8 Å². The number of benzene rings is 1. The minimum atomic E-state index is -0.529. The third-order valence-electron chi connectivity index (χ3n) is 4.84. The second-order valence-electron chi connectivity index (χ2n) is 6.86. The highest BCUT2D eigenvalue weighted by Crippen LogP contribution is 2.29. The van der Waals surface area contributed by atoms with E-state index in [2.05, 4.69) is 10.3 Å². The van der Waals surface area contributed by atoms with Gasteiger partial charge in [0.25, 0.3) is 5.91 Å². The zero-order valence-corrected chi connectivity index (χ0v) is 15.9. The fourth-order valence-electron chi connectivity index (χ4n) is 3.28. The Morgan fingerprint density at radius 1 is 1.25 bits per heavy atom. The monoisotopic (exact) mass is 388 g/mol. The van der Waals surface area contributed by atoms with Crippen LogP contribution in [0, 0.1) is 5.82 Å². The molecular formula is C21H25FN2O4. The molecule has 1 aromatic heterocycles. The molecule has 1 fully saturated rings. The summed E-state index contributed by atoms with van der Waals surface area (Å²) < 4.78 is 24.0. The van der Waals surface area contributed by atoms with E-state index in [0.717, 1.165) is 19.3 Å². The van der Waals surface area contributed by atoms with Crippen molar-refractivity contribution in [1.29, 1.82) is 0 Å². The van der Waals surface area contributed by atoms with Gasteiger partial charge in [-0.2, -0.15) is 0 Å². The predicted molar refractivity (Wildman–Crippen MR) is 103 cm³/mol. The smallest absolute Gasteiger partial charge is 0.253 e. The van der Waals surface area contributed by atoms with Crippen LogP contribution in [0.5, 0.6) is 5.88 Å². The van der Waals surface area contributed by atoms with E-state index < -0.39 is 6.10 Å². The molecule has 0 radical (unpaired) electrons. The minimum Gasteiger partial charge on any atom is -0.475 e. The highest BCUT2D eigenvalue weighted by Gasteiger charge is 2.25. The summed E-state index contributed by atoms with van der Waals surface area (Å²) in [7, 11) is 1.57. The first-order valence-electron chi connectivity index (χ1n) is 9.45. The summed E-state index contributed by atoms with van der Waals surface area (Å²) in [4.78, 5) is 17.0. The van der Waals surface area contributed by atoms with E-state index in [1.54, 1.807) is 25.3 Å². The number of pyridine rings is 1. The molecule has 2 aromatic rings. The zero-order valence-electron chi connectivity index (χ0n) is 15.9. The number of nitrogens with zero attached hydrogens (tertiary/aromatic N) is 1. The van der Waals surface area contributed by atoms with Crippen LogP contribution in [-0.2, 0) is 4.74 Å². The van der Waals surface area contributed by atoms with Crippen molar-refractivity contribution in [3.63, 3.8) is 0 Å². The maximum Gasteiger partial charge on any atom is 0.253 e. The quantitative estimate of drug-likeness (QED) is 0.713. The maximum absolute atomic E-state index is 13.3. The lowest BCUT2D eigenvalue weighted by molar-refractivity contribution is 0.0717. The average molecular weight is 388 g/mol. The predicted octanol–water partition coefficient (Wildman–Crippen LogP) is 2.95. The van der Waals surface area contributed by atoms with Crippen molar-refractivity contribution < 1.29 is 23.8 Å². The van der Waals surface area contributed by atoms with E-state index in [0.29, 0.717) is 42.2 Å². The van der Waals surface area contributed by atoms with E-state index in [1.807, 2.05) is 0 Å². The van der Waals surface area contributed by atoms with Crippen LogP contribution in [-0.4, -0.2) is 48.5 Å². The van der Waals surface area contributed by atoms with Gasteiger partial charge in [-0.1, -0.05) is 25.0 Å². The highest BCUT2D eigenvalue weighted by molar-refractivity contribution is 5.95. The molecule has 1 aromatic carbocycles. The molecular weight excluding hydrogens is 363 g/mol. The number of ether oxygens (including phenoxy) is 2. The number of carbonyl (C=O) groups excluding carboxylic acids is 1. The number of carbonyl (C=O) groups is 1. The fourth-order valence-corrected chi connectivity index (χ4v) is 3.28. The average Bonchev–Trinajstić information content (AvgIpc) is 2.71. The normalized spacial score (nSPS) is 19.2. The molecule has 1 heterocycles. The first-order chi connectivity index (χ1) is 13.6. The molecule has 1 aliphatic carbocycles. The molecule has 3 rings (SSSR count). The van der Waals surface area contributed by atoms with E-state index in [4.69, 9.17) is 9.47 Å². The van der Waals surface area contributed by atoms with Crippen LogP contribution in [0.1, 0.15) is 36.0 Å². The Morgan fingerprint density at radius 2 is 2.00 bits per heavy atom. The third-order valence-corrected chi connectivity index (χ3v) is 4.84. The van der Waals surface area contributed by atoms with Gasteiger partial charge in [-0.25, -0.2) is 9.37 Å². The molecule has 0 bridgehead atoms. The summed E-state index contributed by atoms with van der Waals surface area (Å²) in [5, 5.41) is 13.0. The fraction of sp³-hybridized carbons (Fsp3) is 0.429. The first-order valence-corrected chi connectivity index (χ1v) is 9.45. The van der Waals surface area contributed by atoms with Crippen molar-refractivity contribution in [3.05, 3.63) is 47.9 Å². The number of halogens is 1. The molecule has 150 valence electrons. The van der Waals surface area contributed by atoms with Crippen LogP contribution in [0.25, 0.3) is 11.1 Å². The van der Waals surface area contributed by atoms with Crippen LogP contribution < -0.4 is 10.1 Å². The second kappa shape index (κ2) is 9.61. The van der Waals surface area contributed by atoms with Crippen molar-refractivity contribution in [3.8, 4) is 17.0 Å². The van der Waals surface area contributed by atoms with Gasteiger partial charge in [0.2, 0.25) is 5.88 Å². The Bertz CT molecular complexity index is 797. The largest absolute Gasteiger partial charge is 0.475 e. The van der Waals surface area contributed by atoms with E-state index in [-0.39, 0.29) is 17.8 Å². The number of rotatable bonds is 7. The van der Waals surface area contributed by atoms with Crippen LogP contribution in [0.3, 0.4) is 0 Å². The van der Waals surface area contributed by atoms with E-state index >= 15 is 0 Å². The molecule has 1 saturated carbocycles. The molecule has 7 heteroatoms. The third kappa shape index (κ3) is 5.05. The number of hydrogen-bond donors (Lipinski definition) is 2. The summed E-state index contributed by atoms with van der Waals surface area (Å²) in [6.07, 6.45) is 4.31. The molecule has 28 heavy (non-hydrogen) atoms. The summed E-state index contributed by atoms with van der Waals surface area (Å²) in [5.41, 5.74) is 1.64. The maximum atomic E-state index is 13.3. The SMILES string of the molecule is COCCOc1ncc(C(=O)N[C@@H]2CCCC[C@H]2O)cc1-c1ccc(F)cc1. The number of aliphatic hydroxyl groups excluding tert-OH is 1. The molecule has 2 atom stereocenters. The summed E-state index contributed by atoms with van der Waals surface area (Å²) in [6, 6.07) is 7.34. The van der Waals surface area contributed by atoms with Gasteiger partial charge in [-0.05, 0) is 36.6 Å². The van der Waals surface area contributed by atoms with Gasteiger partial charge in [0.15, 0.2) is 0 Å². The molecule has 1 aliphatic rings. The number of nitrogens with one attached hydrogen (secondary N) is 1.